The zero-order valence-corrected chi connectivity index (χ0v) is 30.8. The standard InChI is InChI=1S/C25H27N7O14S5.H2O/c1-32(2)8-11-48(33,34)16-5-6-17(21(13-16)49(35,36)37)28-30-19-14-22(50(38,39)40)24(27)25(23(19)26)31-29-18-12-15(4-7-20(18)44-3)47-10-9-45-46-51(41,42)43;/h4-7,12-14H,8,11,26-27H2,1-3H3,(H,35,36,37)(H,38,39,40)(H,41,42,43);1H2. The van der Waals surface area contributed by atoms with Gasteiger partial charge in [0.1, 0.15) is 38.3 Å². The Balaban J connectivity index is 0.00000936. The lowest BCUT2D eigenvalue weighted by Gasteiger charge is -2.12. The average molecular weight is 828 g/mol. The average Bonchev–Trinajstić information content (AvgIpc) is 3.01. The van der Waals surface area contributed by atoms with Gasteiger partial charge in [-0.1, -0.05) is 0 Å². The van der Waals surface area contributed by atoms with E-state index < -0.39 is 83.6 Å². The number of hydrogen-bond donors (Lipinski definition) is 5. The van der Waals surface area contributed by atoms with Crippen molar-refractivity contribution in [2.24, 2.45) is 20.5 Å². The number of thioether (sulfide) groups is 1. The minimum atomic E-state index is -5.09. The maximum absolute atomic E-state index is 12.7. The Morgan fingerprint density at radius 2 is 1.40 bits per heavy atom. The Hall–Kier alpha value is -4.47. The molecule has 27 heteroatoms. The van der Waals surface area contributed by atoms with E-state index in [0.717, 1.165) is 23.9 Å². The fraction of sp³-hybridized carbons (Fsp3) is 0.200. The maximum atomic E-state index is 12.7. The molecular formula is C25H29N7O15S5. The third-order valence-corrected chi connectivity index (χ3v) is 10.4. The zero-order chi connectivity index (χ0) is 38.4. The van der Waals surface area contributed by atoms with Gasteiger partial charge in [-0.2, -0.15) is 25.3 Å². The summed E-state index contributed by atoms with van der Waals surface area (Å²) in [5.41, 5.74) is 9.28. The minimum absolute atomic E-state index is 0. The molecule has 0 atom stereocenters. The summed E-state index contributed by atoms with van der Waals surface area (Å²) in [6.07, 6.45) is 1.85. The molecule has 0 aromatic heterocycles. The Labute approximate surface area is 301 Å². The van der Waals surface area contributed by atoms with E-state index in [0.29, 0.717) is 17.0 Å². The summed E-state index contributed by atoms with van der Waals surface area (Å²) in [6, 6.07) is 7.59. The number of nitrogen functional groups attached to an aromatic ring is 2. The van der Waals surface area contributed by atoms with Crippen molar-refractivity contribution >= 4 is 86.4 Å². The van der Waals surface area contributed by atoms with E-state index in [4.69, 9.17) is 20.8 Å². The second-order valence-electron chi connectivity index (χ2n) is 9.89. The highest BCUT2D eigenvalue weighted by Gasteiger charge is 2.25. The first-order valence-corrected chi connectivity index (χ1v) is 19.9. The van der Waals surface area contributed by atoms with E-state index in [1.165, 1.54) is 25.3 Å². The van der Waals surface area contributed by atoms with Crippen LogP contribution in [0.3, 0.4) is 0 Å². The van der Waals surface area contributed by atoms with Crippen LogP contribution in [0.5, 0.6) is 5.75 Å². The van der Waals surface area contributed by atoms with Gasteiger partial charge in [0.05, 0.1) is 29.1 Å². The lowest BCUT2D eigenvalue weighted by Crippen LogP contribution is -2.22. The van der Waals surface area contributed by atoms with Crippen LogP contribution in [-0.4, -0.2) is 91.2 Å². The molecule has 0 bridgehead atoms. The smallest absolute Gasteiger partial charge is 0.433 e. The van der Waals surface area contributed by atoms with Crippen LogP contribution in [0.25, 0.3) is 0 Å². The Morgan fingerprint density at radius 3 is 1.98 bits per heavy atom. The monoisotopic (exact) mass is 827 g/mol. The molecule has 9 N–H and O–H groups in total. The number of benzene rings is 3. The van der Waals surface area contributed by atoms with Crippen LogP contribution < -0.4 is 16.2 Å². The summed E-state index contributed by atoms with van der Waals surface area (Å²) in [6.45, 7) is 0.107. The number of anilines is 2. The van der Waals surface area contributed by atoms with Crippen molar-refractivity contribution in [3.05, 3.63) is 42.5 Å². The summed E-state index contributed by atoms with van der Waals surface area (Å²) >= 11 is 0.769. The quantitative estimate of drug-likeness (QED) is 0.0296. The molecule has 0 unspecified atom stereocenters. The van der Waals surface area contributed by atoms with Crippen LogP contribution in [-0.2, 0) is 49.7 Å². The molecule has 0 spiro atoms. The Bertz CT molecular complexity index is 2390. The van der Waals surface area contributed by atoms with Gasteiger partial charge in [-0.15, -0.1) is 20.5 Å². The van der Waals surface area contributed by atoms with Crippen LogP contribution in [0.15, 0.2) is 82.5 Å². The van der Waals surface area contributed by atoms with Crippen molar-refractivity contribution in [1.29, 1.82) is 0 Å². The van der Waals surface area contributed by atoms with Gasteiger partial charge in [0, 0.05) is 16.7 Å². The first-order chi connectivity index (χ1) is 23.5. The molecular weight excluding hydrogens is 799 g/mol. The lowest BCUT2D eigenvalue weighted by molar-refractivity contribution is -0.135. The van der Waals surface area contributed by atoms with Crippen LogP contribution in [0.1, 0.15) is 0 Å². The van der Waals surface area contributed by atoms with E-state index >= 15 is 0 Å². The van der Waals surface area contributed by atoms with Crippen LogP contribution in [0.4, 0.5) is 34.1 Å². The third-order valence-electron chi connectivity index (χ3n) is 6.02. The highest BCUT2D eigenvalue weighted by Crippen LogP contribution is 2.44. The SMILES string of the molecule is COc1ccc(SC#COOS(=O)(=O)O)cc1N=Nc1c(N)c(N=Nc2ccc(S(=O)(=O)CCN(C)C)cc2S(=O)(=O)O)cc(S(=O)(=O)O)c1N.O. The van der Waals surface area contributed by atoms with E-state index in [1.54, 1.807) is 19.0 Å². The highest BCUT2D eigenvalue weighted by molar-refractivity contribution is 8.04. The predicted molar refractivity (Wildman–Crippen MR) is 184 cm³/mol. The van der Waals surface area contributed by atoms with Gasteiger partial charge in [-0.05, 0) is 72.7 Å². The number of nitrogens with zero attached hydrogens (tertiary/aromatic N) is 5. The van der Waals surface area contributed by atoms with Crippen LogP contribution in [0.2, 0.25) is 0 Å². The number of ether oxygens (including phenoxy) is 1. The Morgan fingerprint density at radius 1 is 0.788 bits per heavy atom. The molecule has 22 nitrogen and oxygen atoms in total. The van der Waals surface area contributed by atoms with Crippen molar-refractivity contribution in [2.75, 3.05) is 45.0 Å². The number of rotatable bonds is 14. The molecule has 0 amide bonds. The zero-order valence-electron chi connectivity index (χ0n) is 26.7. The second kappa shape index (κ2) is 17.4. The number of methoxy groups -OCH3 is 1. The summed E-state index contributed by atoms with van der Waals surface area (Å²) < 4.78 is 132. The Kier molecular flexibility index (Phi) is 14.6. The van der Waals surface area contributed by atoms with E-state index in [-0.39, 0.29) is 29.2 Å². The fourth-order valence-corrected chi connectivity index (χ4v) is 7.04. The van der Waals surface area contributed by atoms with E-state index in [1.807, 2.05) is 6.11 Å². The van der Waals surface area contributed by atoms with Crippen molar-refractivity contribution in [2.45, 2.75) is 19.6 Å². The summed E-state index contributed by atoms with van der Waals surface area (Å²) in [4.78, 5) is 3.61. The van der Waals surface area contributed by atoms with Gasteiger partial charge in [0.15, 0.2) is 15.9 Å². The number of sulfone groups is 1. The maximum Gasteiger partial charge on any atom is 0.433 e. The van der Waals surface area contributed by atoms with Crippen LogP contribution in [0, 0.1) is 11.4 Å². The van der Waals surface area contributed by atoms with Gasteiger partial charge in [0.25, 0.3) is 20.2 Å². The molecule has 0 heterocycles. The normalized spacial score (nSPS) is 12.4. The summed E-state index contributed by atoms with van der Waals surface area (Å²) in [7, 11) is -14.5. The van der Waals surface area contributed by atoms with Gasteiger partial charge in [-0.3, -0.25) is 18.5 Å². The van der Waals surface area contributed by atoms with Gasteiger partial charge < -0.3 is 26.6 Å². The van der Waals surface area contributed by atoms with Crippen molar-refractivity contribution in [1.82, 2.24) is 4.90 Å². The first-order valence-electron chi connectivity index (χ1n) is 13.2. The third kappa shape index (κ3) is 12.1. The molecule has 3 rings (SSSR count). The number of hydrogen-bond acceptors (Lipinski definition) is 19. The van der Waals surface area contributed by atoms with E-state index in [2.05, 4.69) is 34.9 Å². The molecule has 3 aromatic rings. The van der Waals surface area contributed by atoms with Gasteiger partial charge in [-0.25, -0.2) is 8.42 Å². The fourth-order valence-electron chi connectivity index (χ4n) is 3.64. The minimum Gasteiger partial charge on any atom is -0.494 e. The van der Waals surface area contributed by atoms with Gasteiger partial charge >= 0.3 is 10.4 Å². The lowest BCUT2D eigenvalue weighted by atomic mass is 10.2. The summed E-state index contributed by atoms with van der Waals surface area (Å²) in [5.74, 6) is -0.258. The molecule has 3 aromatic carbocycles. The molecule has 0 saturated heterocycles. The van der Waals surface area contributed by atoms with Crippen molar-refractivity contribution < 1.29 is 66.8 Å². The van der Waals surface area contributed by atoms with E-state index in [9.17, 15) is 42.8 Å². The second-order valence-corrected chi connectivity index (χ2v) is 16.7. The molecule has 284 valence electrons. The molecule has 0 aliphatic rings. The molecule has 0 saturated carbocycles. The first kappa shape index (κ1) is 43.7. The predicted octanol–water partition coefficient (Wildman–Crippen LogP) is 2.46. The molecule has 0 radical (unpaired) electrons. The topological polar surface area (TPSA) is 361 Å². The van der Waals surface area contributed by atoms with Crippen LogP contribution >= 0.6 is 11.8 Å². The molecule has 52 heavy (non-hydrogen) atoms. The largest absolute Gasteiger partial charge is 0.494 e. The number of nitrogens with two attached hydrogens (primary N) is 2. The molecule has 0 fully saturated rings. The highest BCUT2D eigenvalue weighted by atomic mass is 32.3. The summed E-state index contributed by atoms with van der Waals surface area (Å²) in [5, 5.41) is 17.7. The van der Waals surface area contributed by atoms with Gasteiger partial charge in [0.2, 0.25) is 0 Å². The molecule has 0 aliphatic carbocycles. The molecule has 0 aliphatic heterocycles. The number of azo groups is 2. The van der Waals surface area contributed by atoms with Crippen molar-refractivity contribution in [3.8, 4) is 17.1 Å². The van der Waals surface area contributed by atoms with Crippen molar-refractivity contribution in [3.63, 3.8) is 0 Å².